The molecule has 2 rings (SSSR count). The summed E-state index contributed by atoms with van der Waals surface area (Å²) < 4.78 is 15.0. The van der Waals surface area contributed by atoms with Gasteiger partial charge in [-0.2, -0.15) is 4.68 Å². The van der Waals surface area contributed by atoms with E-state index in [1.165, 1.54) is 0 Å². The SMILES string of the molecule is CC(C)CNCc1nnnn1-c1cc([N+](=O)[O-])ccc1F. The van der Waals surface area contributed by atoms with Gasteiger partial charge in [0.2, 0.25) is 0 Å². The third kappa shape index (κ3) is 3.57. The van der Waals surface area contributed by atoms with Crippen molar-refractivity contribution < 1.29 is 9.31 Å². The number of nitro benzene ring substituents is 1. The van der Waals surface area contributed by atoms with Gasteiger partial charge in [-0.05, 0) is 29.0 Å². The summed E-state index contributed by atoms with van der Waals surface area (Å²) in [6.07, 6.45) is 0. The first-order chi connectivity index (χ1) is 9.99. The van der Waals surface area contributed by atoms with Crippen molar-refractivity contribution in [2.75, 3.05) is 6.54 Å². The highest BCUT2D eigenvalue weighted by Gasteiger charge is 2.16. The summed E-state index contributed by atoms with van der Waals surface area (Å²) in [5, 5.41) is 24.9. The van der Waals surface area contributed by atoms with Crippen molar-refractivity contribution >= 4 is 5.69 Å². The highest BCUT2D eigenvalue weighted by Crippen LogP contribution is 2.20. The van der Waals surface area contributed by atoms with Gasteiger partial charge in [0.15, 0.2) is 5.82 Å². The molecule has 1 N–H and O–H groups in total. The quantitative estimate of drug-likeness (QED) is 0.639. The van der Waals surface area contributed by atoms with E-state index < -0.39 is 10.7 Å². The Bertz CT molecular complexity index is 642. The molecule has 0 aliphatic heterocycles. The van der Waals surface area contributed by atoms with Gasteiger partial charge in [0.25, 0.3) is 5.69 Å². The van der Waals surface area contributed by atoms with Gasteiger partial charge in [0, 0.05) is 12.1 Å². The first-order valence-electron chi connectivity index (χ1n) is 6.41. The van der Waals surface area contributed by atoms with Gasteiger partial charge in [-0.15, -0.1) is 5.10 Å². The molecular formula is C12H15FN6O2. The number of rotatable bonds is 6. The predicted molar refractivity (Wildman–Crippen MR) is 72.3 cm³/mol. The molecular weight excluding hydrogens is 279 g/mol. The number of nitro groups is 1. The second-order valence-corrected chi connectivity index (χ2v) is 4.92. The Morgan fingerprint density at radius 3 is 2.90 bits per heavy atom. The lowest BCUT2D eigenvalue weighted by atomic mass is 10.2. The largest absolute Gasteiger partial charge is 0.310 e. The summed E-state index contributed by atoms with van der Waals surface area (Å²) in [5.41, 5.74) is -0.265. The smallest absolute Gasteiger partial charge is 0.271 e. The zero-order chi connectivity index (χ0) is 15.4. The van der Waals surface area contributed by atoms with Gasteiger partial charge in [-0.1, -0.05) is 13.8 Å². The Hall–Kier alpha value is -2.42. The molecule has 0 aliphatic rings. The van der Waals surface area contributed by atoms with Crippen LogP contribution in [0, 0.1) is 21.8 Å². The molecule has 0 saturated heterocycles. The molecule has 0 bridgehead atoms. The molecule has 21 heavy (non-hydrogen) atoms. The van der Waals surface area contributed by atoms with E-state index in [-0.39, 0.29) is 11.4 Å². The van der Waals surface area contributed by atoms with Crippen molar-refractivity contribution in [3.63, 3.8) is 0 Å². The van der Waals surface area contributed by atoms with E-state index in [1.54, 1.807) is 0 Å². The van der Waals surface area contributed by atoms with E-state index in [9.17, 15) is 14.5 Å². The number of benzene rings is 1. The number of hydrogen-bond acceptors (Lipinski definition) is 6. The maximum absolute atomic E-state index is 13.9. The van der Waals surface area contributed by atoms with Crippen molar-refractivity contribution in [1.29, 1.82) is 0 Å². The van der Waals surface area contributed by atoms with Crippen LogP contribution in [0.5, 0.6) is 0 Å². The van der Waals surface area contributed by atoms with Crippen LogP contribution in [-0.2, 0) is 6.54 Å². The molecule has 1 aromatic heterocycles. The highest BCUT2D eigenvalue weighted by molar-refractivity contribution is 5.44. The second kappa shape index (κ2) is 6.35. The maximum atomic E-state index is 13.9. The Kier molecular flexibility index (Phi) is 4.53. The Labute approximate surface area is 120 Å². The van der Waals surface area contributed by atoms with Crippen LogP contribution in [0.3, 0.4) is 0 Å². The first kappa shape index (κ1) is 15.0. The third-order valence-corrected chi connectivity index (χ3v) is 2.74. The highest BCUT2D eigenvalue weighted by atomic mass is 19.1. The van der Waals surface area contributed by atoms with Crippen LogP contribution in [-0.4, -0.2) is 31.7 Å². The summed E-state index contributed by atoms with van der Waals surface area (Å²) in [6.45, 7) is 5.20. The molecule has 1 heterocycles. The summed E-state index contributed by atoms with van der Waals surface area (Å²) in [5.74, 6) is 0.205. The topological polar surface area (TPSA) is 98.8 Å². The van der Waals surface area contributed by atoms with Crippen LogP contribution in [0.15, 0.2) is 18.2 Å². The predicted octanol–water partition coefficient (Wildman–Crippen LogP) is 1.46. The monoisotopic (exact) mass is 294 g/mol. The maximum Gasteiger partial charge on any atom is 0.271 e. The molecule has 0 saturated carbocycles. The van der Waals surface area contributed by atoms with Crippen LogP contribution < -0.4 is 5.32 Å². The zero-order valence-electron chi connectivity index (χ0n) is 11.7. The lowest BCUT2D eigenvalue weighted by molar-refractivity contribution is -0.384. The van der Waals surface area contributed by atoms with E-state index in [1.807, 2.05) is 0 Å². The molecule has 9 heteroatoms. The minimum Gasteiger partial charge on any atom is -0.310 e. The fraction of sp³-hybridized carbons (Fsp3) is 0.417. The van der Waals surface area contributed by atoms with Crippen molar-refractivity contribution in [2.45, 2.75) is 20.4 Å². The summed E-state index contributed by atoms with van der Waals surface area (Å²) in [4.78, 5) is 10.2. The van der Waals surface area contributed by atoms with Gasteiger partial charge in [0.1, 0.15) is 11.5 Å². The van der Waals surface area contributed by atoms with Gasteiger partial charge in [-0.3, -0.25) is 10.1 Å². The van der Waals surface area contributed by atoms with Gasteiger partial charge in [0.05, 0.1) is 11.5 Å². The van der Waals surface area contributed by atoms with E-state index >= 15 is 0 Å². The third-order valence-electron chi connectivity index (χ3n) is 2.74. The molecule has 0 fully saturated rings. The van der Waals surface area contributed by atoms with Crippen LogP contribution in [0.1, 0.15) is 19.7 Å². The summed E-state index contributed by atoms with van der Waals surface area (Å²) in [6, 6.07) is 3.23. The number of nitrogens with zero attached hydrogens (tertiary/aromatic N) is 5. The molecule has 0 spiro atoms. The fourth-order valence-electron chi connectivity index (χ4n) is 1.75. The number of hydrogen-bond donors (Lipinski definition) is 1. The van der Waals surface area contributed by atoms with Crippen LogP contribution >= 0.6 is 0 Å². The van der Waals surface area contributed by atoms with Gasteiger partial charge < -0.3 is 5.32 Å². The fourth-order valence-corrected chi connectivity index (χ4v) is 1.75. The first-order valence-corrected chi connectivity index (χ1v) is 6.41. The van der Waals surface area contributed by atoms with E-state index in [0.29, 0.717) is 18.3 Å². The molecule has 0 aliphatic carbocycles. The van der Waals surface area contributed by atoms with Crippen LogP contribution in [0.2, 0.25) is 0 Å². The average molecular weight is 294 g/mol. The lowest BCUT2D eigenvalue weighted by Crippen LogP contribution is -2.21. The Morgan fingerprint density at radius 1 is 1.48 bits per heavy atom. The zero-order valence-corrected chi connectivity index (χ0v) is 11.7. The molecule has 2 aromatic rings. The molecule has 8 nitrogen and oxygen atoms in total. The summed E-state index contributed by atoms with van der Waals surface area (Å²) in [7, 11) is 0. The normalized spacial score (nSPS) is 11.0. The van der Waals surface area contributed by atoms with Crippen LogP contribution in [0.25, 0.3) is 5.69 Å². The van der Waals surface area contributed by atoms with Crippen molar-refractivity contribution in [3.05, 3.63) is 40.0 Å². The minimum atomic E-state index is -0.627. The van der Waals surface area contributed by atoms with Crippen molar-refractivity contribution in [3.8, 4) is 5.69 Å². The molecule has 0 unspecified atom stereocenters. The van der Waals surface area contributed by atoms with Crippen molar-refractivity contribution in [1.82, 2.24) is 25.5 Å². The van der Waals surface area contributed by atoms with Gasteiger partial charge >= 0.3 is 0 Å². The second-order valence-electron chi connectivity index (χ2n) is 4.92. The Balaban J connectivity index is 2.28. The number of nitrogens with one attached hydrogen (secondary N) is 1. The van der Waals surface area contributed by atoms with Crippen LogP contribution in [0.4, 0.5) is 10.1 Å². The number of halogens is 1. The molecule has 0 atom stereocenters. The lowest BCUT2D eigenvalue weighted by Gasteiger charge is -2.08. The van der Waals surface area contributed by atoms with E-state index in [0.717, 1.165) is 29.4 Å². The number of tetrazole rings is 1. The molecule has 0 radical (unpaired) electrons. The molecule has 112 valence electrons. The molecule has 1 aromatic carbocycles. The summed E-state index contributed by atoms with van der Waals surface area (Å²) >= 11 is 0. The Morgan fingerprint density at radius 2 is 2.24 bits per heavy atom. The number of aromatic nitrogens is 4. The molecule has 0 amide bonds. The van der Waals surface area contributed by atoms with E-state index in [2.05, 4.69) is 34.7 Å². The average Bonchev–Trinajstić information content (AvgIpc) is 2.87. The number of non-ortho nitro benzene ring substituents is 1. The van der Waals surface area contributed by atoms with Crippen molar-refractivity contribution in [2.24, 2.45) is 5.92 Å². The standard InChI is InChI=1S/C12H15FN6O2/c1-8(2)6-14-7-12-15-16-17-18(12)11-5-9(19(20)21)3-4-10(11)13/h3-5,8,14H,6-7H2,1-2H3. The van der Waals surface area contributed by atoms with E-state index in [4.69, 9.17) is 0 Å². The minimum absolute atomic E-state index is 0.0458. The van der Waals surface area contributed by atoms with Gasteiger partial charge in [-0.25, -0.2) is 4.39 Å².